The molecule has 0 aliphatic carbocycles. The molecule has 0 aliphatic heterocycles. The SMILES string of the molecule is Fc1ccc(-n2cc(I)cn2)cc1.Ic1cn[nH]c1.OB(O)c1ccc(F)cc1. The molecule has 6 nitrogen and oxygen atoms in total. The van der Waals surface area contributed by atoms with Crippen molar-refractivity contribution in [3.63, 3.8) is 0 Å². The largest absolute Gasteiger partial charge is 0.488 e. The summed E-state index contributed by atoms with van der Waals surface area (Å²) in [5, 5.41) is 27.6. The van der Waals surface area contributed by atoms with Gasteiger partial charge < -0.3 is 10.0 Å². The van der Waals surface area contributed by atoms with Crippen LogP contribution in [-0.2, 0) is 0 Å². The minimum atomic E-state index is -1.51. The predicted molar refractivity (Wildman–Crippen MR) is 124 cm³/mol. The third-order valence-corrected chi connectivity index (χ3v) is 4.42. The Bertz CT molecular complexity index is 982. The Hall–Kier alpha value is -1.84. The van der Waals surface area contributed by atoms with Crippen LogP contribution in [0.4, 0.5) is 8.78 Å². The second-order valence-corrected chi connectivity index (χ2v) is 7.91. The van der Waals surface area contributed by atoms with Crippen LogP contribution in [0.2, 0.25) is 0 Å². The number of nitrogens with zero attached hydrogens (tertiary/aromatic N) is 3. The maximum Gasteiger partial charge on any atom is 0.488 e. The molecule has 2 aromatic carbocycles. The van der Waals surface area contributed by atoms with Crippen LogP contribution in [0.25, 0.3) is 5.69 Å². The number of rotatable bonds is 2. The van der Waals surface area contributed by atoms with Crippen molar-refractivity contribution in [2.45, 2.75) is 0 Å². The summed E-state index contributed by atoms with van der Waals surface area (Å²) < 4.78 is 28.7. The third kappa shape index (κ3) is 8.59. The van der Waals surface area contributed by atoms with Gasteiger partial charge in [0.15, 0.2) is 0 Å². The van der Waals surface area contributed by atoms with Crippen molar-refractivity contribution in [3.8, 4) is 5.69 Å². The van der Waals surface area contributed by atoms with E-state index in [1.807, 2.05) is 12.4 Å². The average Bonchev–Trinajstić information content (AvgIpc) is 3.35. The van der Waals surface area contributed by atoms with Gasteiger partial charge in [0, 0.05) is 12.4 Å². The van der Waals surface area contributed by atoms with Crippen LogP contribution < -0.4 is 5.46 Å². The topological polar surface area (TPSA) is 87.0 Å². The molecule has 0 spiro atoms. The second-order valence-electron chi connectivity index (χ2n) is 5.42. The van der Waals surface area contributed by atoms with E-state index in [2.05, 4.69) is 60.5 Å². The van der Waals surface area contributed by atoms with Gasteiger partial charge in [0.2, 0.25) is 0 Å². The van der Waals surface area contributed by atoms with Crippen molar-refractivity contribution in [2.75, 3.05) is 0 Å². The number of halogens is 4. The van der Waals surface area contributed by atoms with E-state index in [4.69, 9.17) is 10.0 Å². The van der Waals surface area contributed by atoms with Crippen LogP contribution in [-0.4, -0.2) is 37.1 Å². The van der Waals surface area contributed by atoms with Crippen LogP contribution in [0.1, 0.15) is 0 Å². The van der Waals surface area contributed by atoms with Gasteiger partial charge in [-0.1, -0.05) is 12.1 Å². The molecule has 0 saturated carbocycles. The molecule has 0 aliphatic rings. The molecule has 0 amide bonds. The quantitative estimate of drug-likeness (QED) is 0.237. The highest BCUT2D eigenvalue weighted by molar-refractivity contribution is 14.1. The lowest BCUT2D eigenvalue weighted by molar-refractivity contribution is 0.425. The molecule has 4 rings (SSSR count). The molecular formula is C18H15BF2I2N4O2. The van der Waals surface area contributed by atoms with E-state index in [9.17, 15) is 8.78 Å². The fourth-order valence-electron chi connectivity index (χ4n) is 1.91. The van der Waals surface area contributed by atoms with Crippen molar-refractivity contribution in [3.05, 3.63) is 92.1 Å². The van der Waals surface area contributed by atoms with E-state index in [1.165, 1.54) is 36.4 Å². The first-order valence-electron chi connectivity index (χ1n) is 8.07. The van der Waals surface area contributed by atoms with E-state index in [0.717, 1.165) is 12.8 Å². The highest BCUT2D eigenvalue weighted by Crippen LogP contribution is 2.10. The molecule has 2 heterocycles. The van der Waals surface area contributed by atoms with E-state index in [0.29, 0.717) is 5.46 Å². The first-order valence-corrected chi connectivity index (χ1v) is 10.2. The summed E-state index contributed by atoms with van der Waals surface area (Å²) in [5.41, 5.74) is 1.16. The fourth-order valence-corrected chi connectivity index (χ4v) is 2.57. The zero-order valence-electron chi connectivity index (χ0n) is 14.8. The number of benzene rings is 2. The van der Waals surface area contributed by atoms with E-state index >= 15 is 0 Å². The van der Waals surface area contributed by atoms with Gasteiger partial charge >= 0.3 is 7.12 Å². The summed E-state index contributed by atoms with van der Waals surface area (Å²) >= 11 is 4.36. The monoisotopic (exact) mass is 622 g/mol. The standard InChI is InChI=1S/C9H6FIN2.C6H6BFO2.C3H3IN2/c10-7-1-3-9(4-2-7)13-6-8(11)5-12-13;8-6-3-1-5(2-4-6)7(9)10;4-3-1-5-6-2-3/h1-6H;1-4,9-10H;1-2H,(H,5,6). The lowest BCUT2D eigenvalue weighted by Crippen LogP contribution is -2.29. The molecule has 3 N–H and O–H groups in total. The molecule has 2 aromatic heterocycles. The van der Waals surface area contributed by atoms with Crippen molar-refractivity contribution in [2.24, 2.45) is 0 Å². The van der Waals surface area contributed by atoms with Gasteiger partial charge in [0.1, 0.15) is 11.6 Å². The van der Waals surface area contributed by atoms with E-state index in [-0.39, 0.29) is 11.6 Å². The van der Waals surface area contributed by atoms with Crippen molar-refractivity contribution in [1.29, 1.82) is 0 Å². The molecule has 0 atom stereocenters. The number of aromatic nitrogens is 4. The molecule has 0 fully saturated rings. The smallest absolute Gasteiger partial charge is 0.423 e. The van der Waals surface area contributed by atoms with Crippen molar-refractivity contribution < 1.29 is 18.8 Å². The number of H-pyrrole nitrogens is 1. The van der Waals surface area contributed by atoms with Gasteiger partial charge in [-0.15, -0.1) is 0 Å². The van der Waals surface area contributed by atoms with Crippen LogP contribution in [0.3, 0.4) is 0 Å². The third-order valence-electron chi connectivity index (χ3n) is 3.28. The molecular weight excluding hydrogens is 607 g/mol. The number of hydrogen-bond acceptors (Lipinski definition) is 4. The normalized spacial score (nSPS) is 9.72. The lowest BCUT2D eigenvalue weighted by atomic mass is 9.80. The van der Waals surface area contributed by atoms with Crippen LogP contribution >= 0.6 is 45.2 Å². The summed E-state index contributed by atoms with van der Waals surface area (Å²) in [7, 11) is -1.51. The Kier molecular flexibility index (Phi) is 9.70. The average molecular weight is 622 g/mol. The number of hydrogen-bond donors (Lipinski definition) is 3. The Labute approximate surface area is 193 Å². The van der Waals surface area contributed by atoms with E-state index in [1.54, 1.807) is 29.2 Å². The lowest BCUT2D eigenvalue weighted by Gasteiger charge is -1.99. The molecule has 0 radical (unpaired) electrons. The summed E-state index contributed by atoms with van der Waals surface area (Å²) in [6.07, 6.45) is 7.23. The summed E-state index contributed by atoms with van der Waals surface area (Å²) in [6.45, 7) is 0. The number of nitrogens with one attached hydrogen (secondary N) is 1. The maximum atomic E-state index is 12.6. The summed E-state index contributed by atoms with van der Waals surface area (Å²) in [4.78, 5) is 0. The molecule has 11 heteroatoms. The highest BCUT2D eigenvalue weighted by Gasteiger charge is 2.08. The first kappa shape index (κ1) is 23.4. The zero-order valence-corrected chi connectivity index (χ0v) is 19.1. The Morgan fingerprint density at radius 1 is 0.862 bits per heavy atom. The van der Waals surface area contributed by atoms with Gasteiger partial charge in [0.25, 0.3) is 0 Å². The molecule has 0 bridgehead atoms. The van der Waals surface area contributed by atoms with Gasteiger partial charge in [-0.2, -0.15) is 10.2 Å². The Morgan fingerprint density at radius 2 is 1.45 bits per heavy atom. The van der Waals surface area contributed by atoms with Crippen LogP contribution in [0.15, 0.2) is 73.3 Å². The second kappa shape index (κ2) is 12.0. The van der Waals surface area contributed by atoms with Gasteiger partial charge in [-0.3, -0.25) is 5.10 Å². The molecule has 150 valence electrons. The van der Waals surface area contributed by atoms with Crippen molar-refractivity contribution in [1.82, 2.24) is 20.0 Å². The summed E-state index contributed by atoms with van der Waals surface area (Å²) in [6, 6.07) is 11.2. The van der Waals surface area contributed by atoms with Crippen molar-refractivity contribution >= 4 is 57.8 Å². The Morgan fingerprint density at radius 3 is 1.83 bits per heavy atom. The summed E-state index contributed by atoms with van der Waals surface area (Å²) in [5.74, 6) is -0.616. The minimum absolute atomic E-state index is 0.231. The number of aromatic amines is 1. The maximum absolute atomic E-state index is 12.6. The minimum Gasteiger partial charge on any atom is -0.423 e. The molecule has 4 aromatic rings. The van der Waals surface area contributed by atoms with Gasteiger partial charge in [-0.25, -0.2) is 13.5 Å². The first-order chi connectivity index (χ1) is 13.8. The Balaban J connectivity index is 0.000000166. The highest BCUT2D eigenvalue weighted by atomic mass is 127. The van der Waals surface area contributed by atoms with Crippen LogP contribution in [0, 0.1) is 18.8 Å². The molecule has 0 saturated heterocycles. The van der Waals surface area contributed by atoms with Gasteiger partial charge in [0.05, 0.1) is 25.2 Å². The molecule has 0 unspecified atom stereocenters. The van der Waals surface area contributed by atoms with E-state index < -0.39 is 7.12 Å². The zero-order chi connectivity index (χ0) is 21.2. The van der Waals surface area contributed by atoms with Crippen LogP contribution in [0.5, 0.6) is 0 Å². The fraction of sp³-hybridized carbons (Fsp3) is 0. The predicted octanol–water partition coefficient (Wildman–Crippen LogP) is 3.14. The van der Waals surface area contributed by atoms with Gasteiger partial charge in [-0.05, 0) is 87.0 Å². The molecule has 29 heavy (non-hydrogen) atoms.